The van der Waals surface area contributed by atoms with Gasteiger partial charge >= 0.3 is 11.8 Å². The van der Waals surface area contributed by atoms with Crippen molar-refractivity contribution in [3.63, 3.8) is 0 Å². The minimum atomic E-state index is -0.726. The van der Waals surface area contributed by atoms with Crippen molar-refractivity contribution in [3.05, 3.63) is 29.8 Å². The maximum absolute atomic E-state index is 12.1. The van der Waals surface area contributed by atoms with E-state index in [4.69, 9.17) is 0 Å². The van der Waals surface area contributed by atoms with Gasteiger partial charge in [-0.2, -0.15) is 10.2 Å². The van der Waals surface area contributed by atoms with Crippen molar-refractivity contribution >= 4 is 17.5 Å². The fraction of sp³-hybridized carbons (Fsp3) is 0.500. The summed E-state index contributed by atoms with van der Waals surface area (Å²) in [5, 5.41) is 13.6. The maximum atomic E-state index is 12.1. The van der Waals surface area contributed by atoms with Gasteiger partial charge in [-0.3, -0.25) is 19.0 Å². The molecule has 0 unspecified atom stereocenters. The third kappa shape index (κ3) is 4.01. The summed E-state index contributed by atoms with van der Waals surface area (Å²) < 4.78 is 3.40. The Morgan fingerprint density at radius 1 is 1.21 bits per heavy atom. The lowest BCUT2D eigenvalue weighted by atomic mass is 10.1. The summed E-state index contributed by atoms with van der Waals surface area (Å²) in [6.45, 7) is 9.86. The first-order chi connectivity index (χ1) is 11.1. The molecule has 0 aliphatic rings. The number of carbonyl (C=O) groups excluding carboxylic acids is 2. The van der Waals surface area contributed by atoms with E-state index in [1.165, 1.54) is 6.20 Å². The fourth-order valence-electron chi connectivity index (χ4n) is 2.26. The Balaban J connectivity index is 2.03. The number of nitrogens with one attached hydrogen (secondary N) is 2. The zero-order chi connectivity index (χ0) is 18.1. The molecule has 2 rings (SSSR count). The lowest BCUT2D eigenvalue weighted by Crippen LogP contribution is -2.37. The lowest BCUT2D eigenvalue weighted by molar-refractivity contribution is -0.136. The molecule has 0 saturated carbocycles. The highest BCUT2D eigenvalue weighted by Gasteiger charge is 2.22. The Morgan fingerprint density at radius 3 is 2.38 bits per heavy atom. The number of carbonyl (C=O) groups is 2. The minimum absolute atomic E-state index is 0.148. The molecule has 0 aromatic carbocycles. The Bertz CT molecular complexity index is 753. The van der Waals surface area contributed by atoms with E-state index >= 15 is 0 Å². The molecule has 2 N–H and O–H groups in total. The van der Waals surface area contributed by atoms with Crippen LogP contribution in [0.1, 0.15) is 45.0 Å². The van der Waals surface area contributed by atoms with Gasteiger partial charge in [0.25, 0.3) is 0 Å². The zero-order valence-electron chi connectivity index (χ0n) is 14.9. The average Bonchev–Trinajstić information content (AvgIpc) is 3.04. The number of aryl methyl sites for hydroxylation is 2. The first-order valence-electron chi connectivity index (χ1n) is 7.75. The van der Waals surface area contributed by atoms with Gasteiger partial charge in [0.05, 0.1) is 29.2 Å². The van der Waals surface area contributed by atoms with Crippen molar-refractivity contribution in [2.24, 2.45) is 7.05 Å². The molecule has 8 heteroatoms. The first kappa shape index (κ1) is 17.7. The number of hydrogen-bond donors (Lipinski definition) is 2. The van der Waals surface area contributed by atoms with Gasteiger partial charge in [0.15, 0.2) is 0 Å². The van der Waals surface area contributed by atoms with E-state index in [1.54, 1.807) is 17.9 Å². The van der Waals surface area contributed by atoms with Crippen LogP contribution in [0.15, 0.2) is 18.6 Å². The molecule has 0 aliphatic carbocycles. The summed E-state index contributed by atoms with van der Waals surface area (Å²) in [5.74, 6) is -1.43. The van der Waals surface area contributed by atoms with E-state index < -0.39 is 11.8 Å². The van der Waals surface area contributed by atoms with Crippen molar-refractivity contribution in [1.82, 2.24) is 24.9 Å². The Kier molecular flexibility index (Phi) is 4.77. The lowest BCUT2D eigenvalue weighted by Gasteiger charge is -2.19. The Labute approximate surface area is 141 Å². The van der Waals surface area contributed by atoms with Crippen LogP contribution in [0.25, 0.3) is 0 Å². The molecule has 2 amide bonds. The van der Waals surface area contributed by atoms with Crippen LogP contribution in [0.2, 0.25) is 0 Å². The molecular weight excluding hydrogens is 308 g/mol. The molecule has 0 saturated heterocycles. The summed E-state index contributed by atoms with van der Waals surface area (Å²) in [7, 11) is 1.73. The SMILES string of the molecule is Cc1nn(C(C)(C)C)cc1[C@H](C)NC(=O)C(=O)Nc1cnn(C)c1. The molecule has 0 aliphatic heterocycles. The molecule has 0 spiro atoms. The summed E-state index contributed by atoms with van der Waals surface area (Å²) in [5.41, 5.74) is 2.03. The van der Waals surface area contributed by atoms with Crippen molar-refractivity contribution in [1.29, 1.82) is 0 Å². The second-order valence-corrected chi connectivity index (χ2v) is 6.84. The van der Waals surface area contributed by atoms with Gasteiger partial charge in [0, 0.05) is 25.0 Å². The monoisotopic (exact) mass is 332 g/mol. The number of aromatic nitrogens is 4. The van der Waals surface area contributed by atoms with Gasteiger partial charge < -0.3 is 10.6 Å². The molecule has 0 radical (unpaired) electrons. The summed E-state index contributed by atoms with van der Waals surface area (Å²) in [6.07, 6.45) is 5.00. The van der Waals surface area contributed by atoms with E-state index in [9.17, 15) is 9.59 Å². The van der Waals surface area contributed by atoms with Gasteiger partial charge in [-0.05, 0) is 34.6 Å². The molecule has 2 aromatic heterocycles. The minimum Gasteiger partial charge on any atom is -0.341 e. The Hall–Kier alpha value is -2.64. The quantitative estimate of drug-likeness (QED) is 0.833. The van der Waals surface area contributed by atoms with Gasteiger partial charge in [-0.15, -0.1) is 0 Å². The molecule has 8 nitrogen and oxygen atoms in total. The summed E-state index contributed by atoms with van der Waals surface area (Å²) in [4.78, 5) is 24.0. The van der Waals surface area contributed by atoms with Crippen molar-refractivity contribution in [2.45, 2.75) is 46.2 Å². The molecule has 2 aromatic rings. The van der Waals surface area contributed by atoms with Gasteiger partial charge in [0.2, 0.25) is 0 Å². The summed E-state index contributed by atoms with van der Waals surface area (Å²) in [6, 6.07) is -0.326. The number of amides is 2. The van der Waals surface area contributed by atoms with E-state index in [0.29, 0.717) is 5.69 Å². The van der Waals surface area contributed by atoms with Gasteiger partial charge in [-0.25, -0.2) is 0 Å². The fourth-order valence-corrected chi connectivity index (χ4v) is 2.26. The van der Waals surface area contributed by atoms with Crippen LogP contribution in [-0.2, 0) is 22.2 Å². The van der Waals surface area contributed by atoms with Crippen LogP contribution in [0.5, 0.6) is 0 Å². The van der Waals surface area contributed by atoms with Crippen molar-refractivity contribution in [3.8, 4) is 0 Å². The van der Waals surface area contributed by atoms with Crippen LogP contribution in [-0.4, -0.2) is 31.4 Å². The highest BCUT2D eigenvalue weighted by Crippen LogP contribution is 2.21. The molecule has 130 valence electrons. The first-order valence-corrected chi connectivity index (χ1v) is 7.75. The molecular formula is C16H24N6O2. The standard InChI is InChI=1S/C16H24N6O2/c1-10(13-9-22(16(3,4)5)20-11(13)2)18-14(23)15(24)19-12-7-17-21(6)8-12/h7-10H,1-6H3,(H,18,23)(H,19,24)/t10-/m0/s1. The van der Waals surface area contributed by atoms with E-state index in [0.717, 1.165) is 11.3 Å². The van der Waals surface area contributed by atoms with Crippen LogP contribution in [0, 0.1) is 6.92 Å². The molecule has 0 fully saturated rings. The van der Waals surface area contributed by atoms with Crippen LogP contribution in [0.4, 0.5) is 5.69 Å². The largest absolute Gasteiger partial charge is 0.341 e. The topological polar surface area (TPSA) is 93.8 Å². The summed E-state index contributed by atoms with van der Waals surface area (Å²) >= 11 is 0. The van der Waals surface area contributed by atoms with Crippen LogP contribution >= 0.6 is 0 Å². The van der Waals surface area contributed by atoms with Gasteiger partial charge in [0.1, 0.15) is 0 Å². The Morgan fingerprint density at radius 2 is 1.88 bits per heavy atom. The second-order valence-electron chi connectivity index (χ2n) is 6.84. The highest BCUT2D eigenvalue weighted by molar-refractivity contribution is 6.39. The number of hydrogen-bond acceptors (Lipinski definition) is 4. The van der Waals surface area contributed by atoms with E-state index in [-0.39, 0.29) is 11.6 Å². The number of anilines is 1. The molecule has 1 atom stereocenters. The van der Waals surface area contributed by atoms with Crippen molar-refractivity contribution in [2.75, 3.05) is 5.32 Å². The van der Waals surface area contributed by atoms with E-state index in [2.05, 4.69) is 20.8 Å². The normalized spacial score (nSPS) is 12.8. The third-order valence-corrected chi connectivity index (χ3v) is 3.61. The van der Waals surface area contributed by atoms with Crippen molar-refractivity contribution < 1.29 is 9.59 Å². The third-order valence-electron chi connectivity index (χ3n) is 3.61. The zero-order valence-corrected chi connectivity index (χ0v) is 14.9. The average molecular weight is 332 g/mol. The molecule has 2 heterocycles. The smallest absolute Gasteiger partial charge is 0.313 e. The highest BCUT2D eigenvalue weighted by atomic mass is 16.2. The number of nitrogens with zero attached hydrogens (tertiary/aromatic N) is 4. The second kappa shape index (κ2) is 6.46. The van der Waals surface area contributed by atoms with Crippen LogP contribution in [0.3, 0.4) is 0 Å². The molecule has 0 bridgehead atoms. The van der Waals surface area contributed by atoms with Crippen LogP contribution < -0.4 is 10.6 Å². The predicted octanol–water partition coefficient (Wildman–Crippen LogP) is 1.50. The van der Waals surface area contributed by atoms with Gasteiger partial charge in [-0.1, -0.05) is 0 Å². The predicted molar refractivity (Wildman–Crippen MR) is 90.4 cm³/mol. The number of rotatable bonds is 3. The molecule has 24 heavy (non-hydrogen) atoms. The maximum Gasteiger partial charge on any atom is 0.313 e. The van der Waals surface area contributed by atoms with E-state index in [1.807, 2.05) is 45.5 Å².